The minimum Gasteiger partial charge on any atom is -0.379 e. The van der Waals surface area contributed by atoms with Gasteiger partial charge >= 0.3 is 0 Å². The Labute approximate surface area is 118 Å². The molecule has 2 aliphatic heterocycles. The summed E-state index contributed by atoms with van der Waals surface area (Å²) in [5.41, 5.74) is 2.68. The first-order chi connectivity index (χ1) is 9.75. The molecule has 20 heavy (non-hydrogen) atoms. The molecule has 0 bridgehead atoms. The predicted molar refractivity (Wildman–Crippen MR) is 72.2 cm³/mol. The summed E-state index contributed by atoms with van der Waals surface area (Å²) in [6, 6.07) is 0. The SMILES string of the molecule is O=C1CCC(C(=O)NCCCOCC2CCCO2)=NN1. The van der Waals surface area contributed by atoms with Gasteiger partial charge < -0.3 is 14.8 Å². The third kappa shape index (κ3) is 4.90. The number of ether oxygens (including phenoxy) is 2. The molecule has 0 spiro atoms. The summed E-state index contributed by atoms with van der Waals surface area (Å²) >= 11 is 0. The maximum absolute atomic E-state index is 11.7. The van der Waals surface area contributed by atoms with Crippen molar-refractivity contribution in [3.05, 3.63) is 0 Å². The maximum Gasteiger partial charge on any atom is 0.267 e. The lowest BCUT2D eigenvalue weighted by Gasteiger charge is -2.12. The van der Waals surface area contributed by atoms with E-state index in [1.54, 1.807) is 0 Å². The van der Waals surface area contributed by atoms with E-state index in [1.165, 1.54) is 0 Å². The average molecular weight is 283 g/mol. The second-order valence-electron chi connectivity index (χ2n) is 4.91. The number of carbonyl (C=O) groups is 2. The molecule has 0 aromatic heterocycles. The minimum atomic E-state index is -0.218. The second kappa shape index (κ2) is 7.96. The molecule has 112 valence electrons. The van der Waals surface area contributed by atoms with Crippen molar-refractivity contribution in [1.82, 2.24) is 10.7 Å². The van der Waals surface area contributed by atoms with Crippen LogP contribution in [0.25, 0.3) is 0 Å². The molecular weight excluding hydrogens is 262 g/mol. The molecule has 1 saturated heterocycles. The largest absolute Gasteiger partial charge is 0.379 e. The van der Waals surface area contributed by atoms with E-state index >= 15 is 0 Å². The first-order valence-corrected chi connectivity index (χ1v) is 7.08. The average Bonchev–Trinajstić information content (AvgIpc) is 2.96. The highest BCUT2D eigenvalue weighted by molar-refractivity contribution is 6.39. The fraction of sp³-hybridized carbons (Fsp3) is 0.769. The Bertz CT molecular complexity index is 378. The van der Waals surface area contributed by atoms with Crippen LogP contribution in [0.3, 0.4) is 0 Å². The number of hydrogen-bond acceptors (Lipinski definition) is 5. The first-order valence-electron chi connectivity index (χ1n) is 7.08. The molecule has 1 unspecified atom stereocenters. The molecule has 2 rings (SSSR count). The van der Waals surface area contributed by atoms with Gasteiger partial charge in [-0.3, -0.25) is 9.59 Å². The molecule has 2 N–H and O–H groups in total. The predicted octanol–water partition coefficient (Wildman–Crippen LogP) is -0.0457. The van der Waals surface area contributed by atoms with Crippen molar-refractivity contribution in [2.24, 2.45) is 5.10 Å². The van der Waals surface area contributed by atoms with Crippen LogP contribution in [0.2, 0.25) is 0 Å². The van der Waals surface area contributed by atoms with Crippen molar-refractivity contribution < 1.29 is 19.1 Å². The normalized spacial score (nSPS) is 22.3. The van der Waals surface area contributed by atoms with Gasteiger partial charge in [0.15, 0.2) is 0 Å². The Morgan fingerprint density at radius 2 is 2.40 bits per heavy atom. The van der Waals surface area contributed by atoms with Crippen LogP contribution in [0.1, 0.15) is 32.1 Å². The van der Waals surface area contributed by atoms with Gasteiger partial charge in [-0.25, -0.2) is 5.43 Å². The van der Waals surface area contributed by atoms with Gasteiger partial charge in [0.25, 0.3) is 5.91 Å². The van der Waals surface area contributed by atoms with Crippen LogP contribution in [0.5, 0.6) is 0 Å². The molecule has 0 aliphatic carbocycles. The van der Waals surface area contributed by atoms with E-state index in [9.17, 15) is 9.59 Å². The van der Waals surface area contributed by atoms with E-state index in [0.717, 1.165) is 25.9 Å². The Kier molecular flexibility index (Phi) is 5.94. The van der Waals surface area contributed by atoms with Gasteiger partial charge in [-0.1, -0.05) is 0 Å². The van der Waals surface area contributed by atoms with Crippen molar-refractivity contribution in [1.29, 1.82) is 0 Å². The lowest BCUT2D eigenvalue weighted by Crippen LogP contribution is -2.37. The van der Waals surface area contributed by atoms with Gasteiger partial charge in [0, 0.05) is 32.6 Å². The van der Waals surface area contributed by atoms with Gasteiger partial charge in [0.1, 0.15) is 5.71 Å². The lowest BCUT2D eigenvalue weighted by atomic mass is 10.1. The van der Waals surface area contributed by atoms with E-state index in [-0.39, 0.29) is 17.9 Å². The van der Waals surface area contributed by atoms with Crippen LogP contribution in [0, 0.1) is 0 Å². The minimum absolute atomic E-state index is 0.149. The molecule has 0 aromatic carbocycles. The van der Waals surface area contributed by atoms with Crippen LogP contribution < -0.4 is 10.7 Å². The summed E-state index contributed by atoms with van der Waals surface area (Å²) < 4.78 is 10.9. The van der Waals surface area contributed by atoms with E-state index in [1.807, 2.05) is 0 Å². The zero-order chi connectivity index (χ0) is 14.2. The molecule has 0 saturated carbocycles. The quantitative estimate of drug-likeness (QED) is 0.641. The topological polar surface area (TPSA) is 89.0 Å². The fourth-order valence-electron chi connectivity index (χ4n) is 2.11. The van der Waals surface area contributed by atoms with E-state index in [0.29, 0.717) is 38.3 Å². The number of rotatable bonds is 7. The number of amides is 2. The third-order valence-corrected chi connectivity index (χ3v) is 3.25. The third-order valence-electron chi connectivity index (χ3n) is 3.25. The van der Waals surface area contributed by atoms with Gasteiger partial charge in [0.2, 0.25) is 5.91 Å². The van der Waals surface area contributed by atoms with Crippen molar-refractivity contribution >= 4 is 17.5 Å². The highest BCUT2D eigenvalue weighted by Crippen LogP contribution is 2.11. The Balaban J connectivity index is 1.50. The summed E-state index contributed by atoms with van der Waals surface area (Å²) in [4.78, 5) is 22.6. The van der Waals surface area contributed by atoms with Gasteiger partial charge in [0.05, 0.1) is 12.7 Å². The highest BCUT2D eigenvalue weighted by atomic mass is 16.5. The number of nitrogens with zero attached hydrogens (tertiary/aromatic N) is 1. The zero-order valence-electron chi connectivity index (χ0n) is 11.5. The molecule has 2 aliphatic rings. The Morgan fingerprint density at radius 3 is 3.10 bits per heavy atom. The van der Waals surface area contributed by atoms with Crippen LogP contribution in [-0.2, 0) is 19.1 Å². The standard InChI is InChI=1S/C13H21N3O4/c17-12-5-4-11(15-16-12)13(18)14-6-2-7-19-9-10-3-1-8-20-10/h10H,1-9H2,(H,14,18)(H,16,17). The number of carbonyl (C=O) groups excluding carboxylic acids is 2. The van der Waals surface area contributed by atoms with Crippen molar-refractivity contribution in [3.63, 3.8) is 0 Å². The number of hydrogen-bond donors (Lipinski definition) is 2. The molecule has 0 aromatic rings. The summed E-state index contributed by atoms with van der Waals surface area (Å²) in [5.74, 6) is -0.367. The molecule has 7 heteroatoms. The van der Waals surface area contributed by atoms with Gasteiger partial charge in [-0.15, -0.1) is 0 Å². The zero-order valence-corrected chi connectivity index (χ0v) is 11.5. The van der Waals surface area contributed by atoms with Crippen molar-refractivity contribution in [2.75, 3.05) is 26.4 Å². The number of nitrogens with one attached hydrogen (secondary N) is 2. The van der Waals surface area contributed by atoms with E-state index in [4.69, 9.17) is 9.47 Å². The Hall–Kier alpha value is -1.47. The second-order valence-corrected chi connectivity index (χ2v) is 4.91. The Morgan fingerprint density at radius 1 is 1.50 bits per heavy atom. The molecule has 2 heterocycles. The maximum atomic E-state index is 11.7. The summed E-state index contributed by atoms with van der Waals surface area (Å²) in [6.45, 7) is 2.61. The first kappa shape index (κ1) is 14.9. The molecular formula is C13H21N3O4. The summed E-state index contributed by atoms with van der Waals surface area (Å²) in [5, 5.41) is 6.50. The fourth-order valence-corrected chi connectivity index (χ4v) is 2.11. The van der Waals surface area contributed by atoms with Crippen LogP contribution in [0.4, 0.5) is 0 Å². The van der Waals surface area contributed by atoms with Gasteiger partial charge in [-0.05, 0) is 19.3 Å². The smallest absolute Gasteiger partial charge is 0.267 e. The highest BCUT2D eigenvalue weighted by Gasteiger charge is 2.18. The van der Waals surface area contributed by atoms with Gasteiger partial charge in [-0.2, -0.15) is 5.10 Å². The van der Waals surface area contributed by atoms with Crippen LogP contribution in [0.15, 0.2) is 5.10 Å². The van der Waals surface area contributed by atoms with Crippen molar-refractivity contribution in [2.45, 2.75) is 38.2 Å². The van der Waals surface area contributed by atoms with E-state index < -0.39 is 0 Å². The molecule has 1 atom stereocenters. The molecule has 0 radical (unpaired) electrons. The summed E-state index contributed by atoms with van der Waals surface area (Å²) in [6.07, 6.45) is 3.89. The van der Waals surface area contributed by atoms with E-state index in [2.05, 4.69) is 15.8 Å². The molecule has 7 nitrogen and oxygen atoms in total. The monoisotopic (exact) mass is 283 g/mol. The molecule has 1 fully saturated rings. The lowest BCUT2D eigenvalue weighted by molar-refractivity contribution is -0.121. The van der Waals surface area contributed by atoms with Crippen molar-refractivity contribution in [3.8, 4) is 0 Å². The van der Waals surface area contributed by atoms with Crippen LogP contribution in [-0.4, -0.2) is 50.0 Å². The van der Waals surface area contributed by atoms with Crippen LogP contribution >= 0.6 is 0 Å². The number of hydrazone groups is 1. The molecule has 2 amide bonds. The summed E-state index contributed by atoms with van der Waals surface area (Å²) in [7, 11) is 0.